The minimum absolute atomic E-state index is 0.263. The third-order valence-electron chi connectivity index (χ3n) is 3.49. The van der Waals surface area contributed by atoms with Crippen molar-refractivity contribution in [3.63, 3.8) is 0 Å². The van der Waals surface area contributed by atoms with Crippen molar-refractivity contribution in [2.45, 2.75) is 40.5 Å². The van der Waals surface area contributed by atoms with Crippen molar-refractivity contribution < 1.29 is 9.90 Å². The maximum atomic E-state index is 10.5. The molecule has 1 N–H and O–H groups in total. The molecule has 0 amide bonds. The second-order valence-electron chi connectivity index (χ2n) is 5.54. The number of carbonyl (C=O) groups is 1. The van der Waals surface area contributed by atoms with Gasteiger partial charge in [0, 0.05) is 12.0 Å². The van der Waals surface area contributed by atoms with Crippen LogP contribution >= 0.6 is 0 Å². The summed E-state index contributed by atoms with van der Waals surface area (Å²) in [5, 5.41) is 8.65. The molecule has 0 spiro atoms. The summed E-state index contributed by atoms with van der Waals surface area (Å²) >= 11 is 0. The fourth-order valence-corrected chi connectivity index (χ4v) is 2.47. The molecule has 1 atom stereocenters. The average Bonchev–Trinajstić information content (AvgIpc) is 2.14. The Kier molecular flexibility index (Phi) is 4.33. The van der Waals surface area contributed by atoms with Gasteiger partial charge in [-0.05, 0) is 37.7 Å². The van der Waals surface area contributed by atoms with Crippen LogP contribution < -0.4 is 0 Å². The van der Waals surface area contributed by atoms with E-state index in [1.807, 2.05) is 13.0 Å². The van der Waals surface area contributed by atoms with Gasteiger partial charge in [-0.3, -0.25) is 0 Å². The van der Waals surface area contributed by atoms with Gasteiger partial charge in [0.1, 0.15) is 0 Å². The van der Waals surface area contributed by atoms with Crippen LogP contribution in [-0.2, 0) is 4.79 Å². The first-order valence-electron chi connectivity index (χ1n) is 6.09. The smallest absolute Gasteiger partial charge is 0.328 e. The van der Waals surface area contributed by atoms with E-state index in [2.05, 4.69) is 32.9 Å². The molecule has 2 heteroatoms. The Morgan fingerprint density at radius 2 is 2.18 bits per heavy atom. The Hall–Kier alpha value is -1.31. The van der Waals surface area contributed by atoms with Gasteiger partial charge in [0.25, 0.3) is 0 Å². The average molecular weight is 234 g/mol. The summed E-state index contributed by atoms with van der Waals surface area (Å²) in [5.41, 5.74) is 2.44. The van der Waals surface area contributed by atoms with E-state index in [1.165, 1.54) is 18.1 Å². The zero-order valence-electron chi connectivity index (χ0n) is 11.2. The zero-order valence-corrected chi connectivity index (χ0v) is 11.2. The predicted octanol–water partition coefficient (Wildman–Crippen LogP) is 3.96. The van der Waals surface area contributed by atoms with E-state index in [0.29, 0.717) is 5.92 Å². The fourth-order valence-electron chi connectivity index (χ4n) is 2.47. The lowest BCUT2D eigenvalue weighted by Gasteiger charge is -2.36. The molecule has 0 saturated heterocycles. The summed E-state index contributed by atoms with van der Waals surface area (Å²) in [6, 6.07) is 0. The van der Waals surface area contributed by atoms with Crippen LogP contribution in [0.1, 0.15) is 40.5 Å². The van der Waals surface area contributed by atoms with Crippen molar-refractivity contribution in [1.29, 1.82) is 0 Å². The summed E-state index contributed by atoms with van der Waals surface area (Å²) in [6.07, 6.45) is 9.92. The zero-order chi connectivity index (χ0) is 13.1. The highest BCUT2D eigenvalue weighted by molar-refractivity contribution is 5.81. The predicted molar refractivity (Wildman–Crippen MR) is 70.8 cm³/mol. The first kappa shape index (κ1) is 13.8. The topological polar surface area (TPSA) is 37.3 Å². The Bertz CT molecular complexity index is 384. The van der Waals surface area contributed by atoms with Gasteiger partial charge in [0.05, 0.1) is 0 Å². The SMILES string of the molecule is CC(C=C[C@H]1C(C)=CCCC1(C)C)=CC(=O)O. The molecule has 0 aliphatic heterocycles. The molecule has 0 saturated carbocycles. The van der Waals surface area contributed by atoms with E-state index in [-0.39, 0.29) is 5.41 Å². The molecule has 2 nitrogen and oxygen atoms in total. The number of hydrogen-bond acceptors (Lipinski definition) is 1. The van der Waals surface area contributed by atoms with Crippen LogP contribution in [0.4, 0.5) is 0 Å². The van der Waals surface area contributed by atoms with E-state index in [0.717, 1.165) is 12.0 Å². The number of allylic oxidation sites excluding steroid dienone is 5. The van der Waals surface area contributed by atoms with Gasteiger partial charge in [0.2, 0.25) is 0 Å². The molecule has 1 aliphatic rings. The summed E-state index contributed by atoms with van der Waals surface area (Å²) in [4.78, 5) is 10.5. The lowest BCUT2D eigenvalue weighted by Crippen LogP contribution is -2.26. The Labute approximate surface area is 104 Å². The van der Waals surface area contributed by atoms with Gasteiger partial charge in [-0.25, -0.2) is 4.79 Å². The maximum Gasteiger partial charge on any atom is 0.328 e. The number of rotatable bonds is 3. The fraction of sp³-hybridized carbons (Fsp3) is 0.533. The highest BCUT2D eigenvalue weighted by Crippen LogP contribution is 2.41. The van der Waals surface area contributed by atoms with E-state index in [9.17, 15) is 4.79 Å². The van der Waals surface area contributed by atoms with Crippen molar-refractivity contribution in [2.24, 2.45) is 11.3 Å². The van der Waals surface area contributed by atoms with Gasteiger partial charge < -0.3 is 5.11 Å². The highest BCUT2D eigenvalue weighted by atomic mass is 16.4. The Morgan fingerprint density at radius 3 is 2.71 bits per heavy atom. The second kappa shape index (κ2) is 5.35. The van der Waals surface area contributed by atoms with Gasteiger partial charge in [-0.15, -0.1) is 0 Å². The first-order valence-corrected chi connectivity index (χ1v) is 6.09. The van der Waals surface area contributed by atoms with Crippen molar-refractivity contribution in [3.8, 4) is 0 Å². The van der Waals surface area contributed by atoms with Crippen LogP contribution in [0.3, 0.4) is 0 Å². The molecule has 0 unspecified atom stereocenters. The molecule has 0 heterocycles. The van der Waals surface area contributed by atoms with Crippen LogP contribution in [0.15, 0.2) is 35.5 Å². The monoisotopic (exact) mass is 234 g/mol. The van der Waals surface area contributed by atoms with Crippen LogP contribution in [0, 0.1) is 11.3 Å². The highest BCUT2D eigenvalue weighted by Gasteiger charge is 2.30. The standard InChI is InChI=1S/C15H22O2/c1-11(10-14(16)17)7-8-13-12(2)6-5-9-15(13,3)4/h6-8,10,13H,5,9H2,1-4H3,(H,16,17)/t13-/m0/s1. The molecular formula is C15H22O2. The van der Waals surface area contributed by atoms with Gasteiger partial charge in [-0.1, -0.05) is 37.6 Å². The van der Waals surface area contributed by atoms with E-state index < -0.39 is 5.97 Å². The van der Waals surface area contributed by atoms with Gasteiger partial charge >= 0.3 is 5.97 Å². The first-order chi connectivity index (χ1) is 7.83. The summed E-state index contributed by atoms with van der Waals surface area (Å²) in [7, 11) is 0. The normalized spacial score (nSPS) is 24.8. The molecule has 0 radical (unpaired) electrons. The number of hydrogen-bond donors (Lipinski definition) is 1. The molecule has 0 bridgehead atoms. The number of aliphatic carboxylic acids is 1. The largest absolute Gasteiger partial charge is 0.478 e. The van der Waals surface area contributed by atoms with Crippen molar-refractivity contribution in [3.05, 3.63) is 35.5 Å². The second-order valence-corrected chi connectivity index (χ2v) is 5.54. The van der Waals surface area contributed by atoms with Crippen LogP contribution in [-0.4, -0.2) is 11.1 Å². The van der Waals surface area contributed by atoms with E-state index >= 15 is 0 Å². The van der Waals surface area contributed by atoms with E-state index in [1.54, 1.807) is 0 Å². The Morgan fingerprint density at radius 1 is 1.53 bits per heavy atom. The minimum atomic E-state index is -0.887. The molecule has 0 fully saturated rings. The molecule has 0 aromatic carbocycles. The summed E-state index contributed by atoms with van der Waals surface area (Å²) in [6.45, 7) is 8.52. The van der Waals surface area contributed by atoms with Crippen molar-refractivity contribution in [2.75, 3.05) is 0 Å². The van der Waals surface area contributed by atoms with Crippen LogP contribution in [0.2, 0.25) is 0 Å². The maximum absolute atomic E-state index is 10.5. The molecule has 17 heavy (non-hydrogen) atoms. The lowest BCUT2D eigenvalue weighted by molar-refractivity contribution is -0.131. The molecule has 94 valence electrons. The third kappa shape index (κ3) is 3.88. The van der Waals surface area contributed by atoms with E-state index in [4.69, 9.17) is 5.11 Å². The number of carboxylic acids is 1. The molecule has 0 aromatic rings. The van der Waals surface area contributed by atoms with Crippen molar-refractivity contribution in [1.82, 2.24) is 0 Å². The van der Waals surface area contributed by atoms with Crippen molar-refractivity contribution >= 4 is 5.97 Å². The molecule has 0 aromatic heterocycles. The number of carboxylic acid groups (broad SMARTS) is 1. The molecular weight excluding hydrogens is 212 g/mol. The van der Waals surface area contributed by atoms with Crippen LogP contribution in [0.25, 0.3) is 0 Å². The van der Waals surface area contributed by atoms with Crippen LogP contribution in [0.5, 0.6) is 0 Å². The molecule has 1 rings (SSSR count). The lowest BCUT2D eigenvalue weighted by atomic mass is 9.68. The molecule has 1 aliphatic carbocycles. The quantitative estimate of drug-likeness (QED) is 0.456. The summed E-state index contributed by atoms with van der Waals surface area (Å²) in [5.74, 6) is -0.476. The van der Waals surface area contributed by atoms with Gasteiger partial charge in [0.15, 0.2) is 0 Å². The third-order valence-corrected chi connectivity index (χ3v) is 3.49. The Balaban J connectivity index is 2.85. The minimum Gasteiger partial charge on any atom is -0.478 e. The van der Waals surface area contributed by atoms with Gasteiger partial charge in [-0.2, -0.15) is 0 Å². The summed E-state index contributed by atoms with van der Waals surface area (Å²) < 4.78 is 0.